The zero-order chi connectivity index (χ0) is 13.0. The molecule has 1 aromatic heterocycles. The van der Waals surface area contributed by atoms with Gasteiger partial charge < -0.3 is 5.32 Å². The van der Waals surface area contributed by atoms with Crippen LogP contribution in [0.3, 0.4) is 0 Å². The Hall–Kier alpha value is -1.13. The van der Waals surface area contributed by atoms with Gasteiger partial charge in [-0.3, -0.25) is 4.68 Å². The van der Waals surface area contributed by atoms with Crippen molar-refractivity contribution in [1.29, 1.82) is 0 Å². The summed E-state index contributed by atoms with van der Waals surface area (Å²) in [5.74, 6) is 0. The van der Waals surface area contributed by atoms with Crippen LogP contribution in [0, 0.1) is 0 Å². The molecule has 0 spiro atoms. The third kappa shape index (κ3) is 3.43. The van der Waals surface area contributed by atoms with E-state index in [2.05, 4.69) is 57.5 Å². The normalized spacial score (nSPS) is 12.6. The van der Waals surface area contributed by atoms with Gasteiger partial charge in [-0.15, -0.1) is 0 Å². The molecule has 1 atom stereocenters. The predicted molar refractivity (Wildman–Crippen MR) is 77.5 cm³/mol. The molecule has 3 nitrogen and oxygen atoms in total. The van der Waals surface area contributed by atoms with E-state index < -0.39 is 0 Å². The number of nitrogens with zero attached hydrogens (tertiary/aromatic N) is 2. The van der Waals surface area contributed by atoms with Crippen LogP contribution in [0.5, 0.6) is 0 Å². The number of rotatable bonds is 5. The molecule has 4 heteroatoms. The van der Waals surface area contributed by atoms with Gasteiger partial charge in [0.05, 0.1) is 0 Å². The zero-order valence-corrected chi connectivity index (χ0v) is 12.3. The van der Waals surface area contributed by atoms with Gasteiger partial charge in [-0.25, -0.2) is 0 Å². The number of hydrogen-bond donors (Lipinski definition) is 1. The molecule has 96 valence electrons. The minimum atomic E-state index is 0.357. The van der Waals surface area contributed by atoms with Crippen LogP contribution in [0.25, 0.3) is 0 Å². The van der Waals surface area contributed by atoms with E-state index in [1.54, 1.807) is 0 Å². The average molecular weight is 308 g/mol. The quantitative estimate of drug-likeness (QED) is 0.920. The smallest absolute Gasteiger partial charge is 0.0492 e. The molecule has 18 heavy (non-hydrogen) atoms. The first-order valence-corrected chi connectivity index (χ1v) is 6.92. The van der Waals surface area contributed by atoms with E-state index >= 15 is 0 Å². The Morgan fingerprint density at radius 1 is 1.39 bits per heavy atom. The average Bonchev–Trinajstić information content (AvgIpc) is 2.75. The van der Waals surface area contributed by atoms with Gasteiger partial charge in [0.1, 0.15) is 0 Å². The number of halogens is 1. The van der Waals surface area contributed by atoms with Gasteiger partial charge in [0.15, 0.2) is 0 Å². The van der Waals surface area contributed by atoms with Crippen LogP contribution in [-0.4, -0.2) is 16.3 Å². The molecule has 0 bridgehead atoms. The summed E-state index contributed by atoms with van der Waals surface area (Å²) in [7, 11) is 1.98. The maximum absolute atomic E-state index is 4.17. The standard InChI is InChI=1S/C14H18BrN3/c1-11(12-4-3-5-13(15)10-12)16-8-6-14-7-9-17-18(14)2/h3-5,7,9-11,16H,6,8H2,1-2H3. The largest absolute Gasteiger partial charge is 0.310 e. The third-order valence-electron chi connectivity index (χ3n) is 3.10. The van der Waals surface area contributed by atoms with Gasteiger partial charge >= 0.3 is 0 Å². The maximum Gasteiger partial charge on any atom is 0.0492 e. The van der Waals surface area contributed by atoms with Gasteiger partial charge in [0, 0.05) is 42.4 Å². The van der Waals surface area contributed by atoms with Gasteiger partial charge in [-0.05, 0) is 30.7 Å². The van der Waals surface area contributed by atoms with E-state index in [9.17, 15) is 0 Å². The predicted octanol–water partition coefficient (Wildman–Crippen LogP) is 3.08. The number of benzene rings is 1. The van der Waals surface area contributed by atoms with Crippen LogP contribution < -0.4 is 5.32 Å². The first-order valence-electron chi connectivity index (χ1n) is 6.12. The van der Waals surface area contributed by atoms with Crippen molar-refractivity contribution in [1.82, 2.24) is 15.1 Å². The molecule has 1 aromatic carbocycles. The second kappa shape index (κ2) is 6.16. The Bertz CT molecular complexity index is 507. The number of hydrogen-bond acceptors (Lipinski definition) is 2. The Morgan fingerprint density at radius 2 is 2.22 bits per heavy atom. The molecule has 0 saturated heterocycles. The van der Waals surface area contributed by atoms with Gasteiger partial charge in [-0.2, -0.15) is 5.10 Å². The zero-order valence-electron chi connectivity index (χ0n) is 10.7. The fourth-order valence-electron chi connectivity index (χ4n) is 1.96. The second-order valence-corrected chi connectivity index (χ2v) is 5.34. The lowest BCUT2D eigenvalue weighted by atomic mass is 10.1. The highest BCUT2D eigenvalue weighted by Gasteiger charge is 2.05. The first kappa shape index (κ1) is 13.3. The van der Waals surface area contributed by atoms with E-state index in [1.807, 2.05) is 24.0 Å². The van der Waals surface area contributed by atoms with Crippen LogP contribution in [-0.2, 0) is 13.5 Å². The van der Waals surface area contributed by atoms with Crippen molar-refractivity contribution in [2.45, 2.75) is 19.4 Å². The molecule has 0 radical (unpaired) electrons. The maximum atomic E-state index is 4.17. The molecule has 0 saturated carbocycles. The molecule has 0 fully saturated rings. The number of nitrogens with one attached hydrogen (secondary N) is 1. The van der Waals surface area contributed by atoms with Crippen LogP contribution in [0.15, 0.2) is 41.0 Å². The number of aromatic nitrogens is 2. The molecule has 0 aliphatic rings. The fraction of sp³-hybridized carbons (Fsp3) is 0.357. The Labute approximate surface area is 116 Å². The van der Waals surface area contributed by atoms with E-state index in [4.69, 9.17) is 0 Å². The van der Waals surface area contributed by atoms with Crippen molar-refractivity contribution in [3.8, 4) is 0 Å². The SMILES string of the molecule is CC(NCCc1ccnn1C)c1cccc(Br)c1. The lowest BCUT2D eigenvalue weighted by Gasteiger charge is -2.14. The van der Waals surface area contributed by atoms with E-state index in [0.29, 0.717) is 6.04 Å². The highest BCUT2D eigenvalue weighted by atomic mass is 79.9. The summed E-state index contributed by atoms with van der Waals surface area (Å²) in [5, 5.41) is 7.70. The van der Waals surface area contributed by atoms with E-state index in [0.717, 1.165) is 17.4 Å². The van der Waals surface area contributed by atoms with Crippen molar-refractivity contribution >= 4 is 15.9 Å². The second-order valence-electron chi connectivity index (χ2n) is 4.43. The molecule has 2 rings (SSSR count). The molecule has 0 amide bonds. The van der Waals surface area contributed by atoms with Crippen LogP contribution >= 0.6 is 15.9 Å². The summed E-state index contributed by atoms with van der Waals surface area (Å²) < 4.78 is 3.05. The van der Waals surface area contributed by atoms with Gasteiger partial charge in [-0.1, -0.05) is 28.1 Å². The summed E-state index contributed by atoms with van der Waals surface area (Å²) in [4.78, 5) is 0. The topological polar surface area (TPSA) is 29.9 Å². The molecule has 2 aromatic rings. The lowest BCUT2D eigenvalue weighted by Crippen LogP contribution is -2.22. The first-order chi connectivity index (χ1) is 8.66. The molecule has 1 heterocycles. The summed E-state index contributed by atoms with van der Waals surface area (Å²) in [6.45, 7) is 3.14. The Balaban J connectivity index is 1.85. The third-order valence-corrected chi connectivity index (χ3v) is 3.60. The minimum absolute atomic E-state index is 0.357. The summed E-state index contributed by atoms with van der Waals surface area (Å²) in [6, 6.07) is 10.8. The van der Waals surface area contributed by atoms with E-state index in [1.165, 1.54) is 11.3 Å². The highest BCUT2D eigenvalue weighted by molar-refractivity contribution is 9.10. The fourth-order valence-corrected chi connectivity index (χ4v) is 2.37. The summed E-state index contributed by atoms with van der Waals surface area (Å²) in [6.07, 6.45) is 2.84. The van der Waals surface area contributed by atoms with Crippen molar-refractivity contribution in [2.75, 3.05) is 6.54 Å². The number of aryl methyl sites for hydroxylation is 1. The van der Waals surface area contributed by atoms with Crippen molar-refractivity contribution < 1.29 is 0 Å². The van der Waals surface area contributed by atoms with Crippen LogP contribution in [0.2, 0.25) is 0 Å². The molecular weight excluding hydrogens is 290 g/mol. The minimum Gasteiger partial charge on any atom is -0.310 e. The van der Waals surface area contributed by atoms with Crippen LogP contribution in [0.4, 0.5) is 0 Å². The van der Waals surface area contributed by atoms with Crippen molar-refractivity contribution in [3.05, 3.63) is 52.3 Å². The lowest BCUT2D eigenvalue weighted by molar-refractivity contribution is 0.564. The van der Waals surface area contributed by atoms with Crippen molar-refractivity contribution in [3.63, 3.8) is 0 Å². The highest BCUT2D eigenvalue weighted by Crippen LogP contribution is 2.17. The molecule has 0 aliphatic carbocycles. The molecular formula is C14H18BrN3. The van der Waals surface area contributed by atoms with Crippen molar-refractivity contribution in [2.24, 2.45) is 7.05 Å². The van der Waals surface area contributed by atoms with Crippen LogP contribution in [0.1, 0.15) is 24.2 Å². The molecule has 1 unspecified atom stereocenters. The van der Waals surface area contributed by atoms with Gasteiger partial charge in [0.25, 0.3) is 0 Å². The Kier molecular flexibility index (Phi) is 4.55. The summed E-state index contributed by atoms with van der Waals surface area (Å²) >= 11 is 3.50. The molecule has 1 N–H and O–H groups in total. The Morgan fingerprint density at radius 3 is 2.89 bits per heavy atom. The van der Waals surface area contributed by atoms with E-state index in [-0.39, 0.29) is 0 Å². The molecule has 0 aliphatic heterocycles. The van der Waals surface area contributed by atoms with Gasteiger partial charge in [0.2, 0.25) is 0 Å². The monoisotopic (exact) mass is 307 g/mol. The summed E-state index contributed by atoms with van der Waals surface area (Å²) in [5.41, 5.74) is 2.55.